The number of rotatable bonds is 5. The summed E-state index contributed by atoms with van der Waals surface area (Å²) in [4.78, 5) is 26.5. The number of carbonyl (C=O) groups is 2. The third-order valence-electron chi connectivity index (χ3n) is 4.86. The molecule has 0 unspecified atom stereocenters. The minimum absolute atomic E-state index is 0.000244. The number of anilines is 1. The Labute approximate surface area is 215 Å². The van der Waals surface area contributed by atoms with Crippen LogP contribution < -0.4 is 15.0 Å². The van der Waals surface area contributed by atoms with Gasteiger partial charge in [0, 0.05) is 5.56 Å². The molecule has 0 saturated carbocycles. The highest BCUT2D eigenvalue weighted by atomic mass is 79.9. The van der Waals surface area contributed by atoms with Gasteiger partial charge >= 0.3 is 0 Å². The average Bonchev–Trinajstić information content (AvgIpc) is 2.78. The number of carbonyl (C=O) groups excluding carboxylic acids is 2. The van der Waals surface area contributed by atoms with E-state index in [4.69, 9.17) is 17.0 Å². The SMILES string of the molecule is O=C1NC(=S)N(c2ccccc2F)C(=O)/C1=C/c1cc(Br)c(OCc2ccccc2F)c(Br)c1. The molecule has 0 spiro atoms. The van der Waals surface area contributed by atoms with Gasteiger partial charge in [0.05, 0.1) is 14.6 Å². The van der Waals surface area contributed by atoms with Crippen molar-refractivity contribution >= 4 is 72.8 Å². The van der Waals surface area contributed by atoms with Crippen molar-refractivity contribution in [1.82, 2.24) is 5.32 Å². The summed E-state index contributed by atoms with van der Waals surface area (Å²) in [6, 6.07) is 15.2. The van der Waals surface area contributed by atoms with Crippen LogP contribution in [0, 0.1) is 11.6 Å². The third-order valence-corrected chi connectivity index (χ3v) is 6.32. The van der Waals surface area contributed by atoms with Crippen molar-refractivity contribution in [2.24, 2.45) is 0 Å². The molecule has 5 nitrogen and oxygen atoms in total. The van der Waals surface area contributed by atoms with Crippen molar-refractivity contribution in [3.8, 4) is 5.75 Å². The summed E-state index contributed by atoms with van der Waals surface area (Å²) in [6.07, 6.45) is 1.36. The number of para-hydroxylation sites is 1. The molecule has 2 amide bonds. The molecule has 0 aromatic heterocycles. The smallest absolute Gasteiger partial charge is 0.270 e. The van der Waals surface area contributed by atoms with Gasteiger partial charge in [-0.3, -0.25) is 14.9 Å². The van der Waals surface area contributed by atoms with Gasteiger partial charge in [-0.1, -0.05) is 30.3 Å². The Morgan fingerprint density at radius 3 is 2.24 bits per heavy atom. The standard InChI is InChI=1S/C24H14Br2F2N2O3S/c25-16-10-13(11-17(26)21(16)33-12-14-5-1-2-6-18(14)27)9-15-22(31)29-24(34)30(23(15)32)20-8-4-3-7-19(20)28/h1-11H,12H2,(H,29,31,34)/b15-9+. The summed E-state index contributed by atoms with van der Waals surface area (Å²) in [7, 11) is 0. The van der Waals surface area contributed by atoms with Crippen LogP contribution in [-0.4, -0.2) is 16.9 Å². The fraction of sp³-hybridized carbons (Fsp3) is 0.0417. The van der Waals surface area contributed by atoms with Crippen LogP contribution in [0.25, 0.3) is 6.08 Å². The number of nitrogens with one attached hydrogen (secondary N) is 1. The Morgan fingerprint density at radius 2 is 1.59 bits per heavy atom. The Hall–Kier alpha value is -2.95. The minimum atomic E-state index is -0.758. The van der Waals surface area contributed by atoms with Gasteiger partial charge in [0.2, 0.25) is 0 Å². The lowest BCUT2D eigenvalue weighted by Gasteiger charge is -2.29. The summed E-state index contributed by atoms with van der Waals surface area (Å²) in [5.41, 5.74) is 0.580. The first-order valence-corrected chi connectivity index (χ1v) is 11.8. The lowest BCUT2D eigenvalue weighted by molar-refractivity contribution is -0.122. The number of benzene rings is 3. The third kappa shape index (κ3) is 4.94. The molecular formula is C24H14Br2F2N2O3S. The minimum Gasteiger partial charge on any atom is -0.486 e. The van der Waals surface area contributed by atoms with Crippen LogP contribution in [0.5, 0.6) is 5.75 Å². The molecule has 1 aliphatic rings. The van der Waals surface area contributed by atoms with Crippen LogP contribution in [0.1, 0.15) is 11.1 Å². The van der Waals surface area contributed by atoms with Crippen LogP contribution in [0.3, 0.4) is 0 Å². The van der Waals surface area contributed by atoms with Gasteiger partial charge in [0.25, 0.3) is 11.8 Å². The van der Waals surface area contributed by atoms with Gasteiger partial charge in [-0.2, -0.15) is 0 Å². The maximum Gasteiger partial charge on any atom is 0.270 e. The first-order chi connectivity index (χ1) is 16.3. The first kappa shape index (κ1) is 24.2. The summed E-state index contributed by atoms with van der Waals surface area (Å²) in [5.74, 6) is -2.08. The second kappa shape index (κ2) is 10.1. The molecule has 1 heterocycles. The molecule has 1 aliphatic heterocycles. The first-order valence-electron chi connectivity index (χ1n) is 9.77. The van der Waals surface area contributed by atoms with Crippen molar-refractivity contribution < 1.29 is 23.1 Å². The van der Waals surface area contributed by atoms with Gasteiger partial charge in [-0.05, 0) is 86.0 Å². The summed E-state index contributed by atoms with van der Waals surface area (Å²) < 4.78 is 35.0. The molecular weight excluding hydrogens is 594 g/mol. The Morgan fingerprint density at radius 1 is 0.971 bits per heavy atom. The van der Waals surface area contributed by atoms with E-state index in [0.29, 0.717) is 25.8 Å². The summed E-state index contributed by atoms with van der Waals surface area (Å²) >= 11 is 11.9. The number of ether oxygens (including phenoxy) is 1. The fourth-order valence-corrected chi connectivity index (χ4v) is 4.97. The molecule has 172 valence electrons. The number of halogens is 4. The van der Waals surface area contributed by atoms with E-state index in [9.17, 15) is 18.4 Å². The quantitative estimate of drug-likeness (QED) is 0.223. The number of thiocarbonyl (C=S) groups is 1. The zero-order chi connectivity index (χ0) is 24.4. The normalized spacial score (nSPS) is 15.0. The second-order valence-electron chi connectivity index (χ2n) is 7.10. The van der Waals surface area contributed by atoms with Crippen LogP contribution in [0.15, 0.2) is 75.2 Å². The molecule has 3 aromatic rings. The predicted octanol–water partition coefficient (Wildman–Crippen LogP) is 5.90. The summed E-state index contributed by atoms with van der Waals surface area (Å²) in [6.45, 7) is 0.000244. The van der Waals surface area contributed by atoms with Crippen LogP contribution >= 0.6 is 44.1 Å². The molecule has 1 N–H and O–H groups in total. The van der Waals surface area contributed by atoms with E-state index < -0.39 is 17.6 Å². The highest BCUT2D eigenvalue weighted by Crippen LogP contribution is 2.36. The highest BCUT2D eigenvalue weighted by Gasteiger charge is 2.35. The molecule has 3 aromatic carbocycles. The Kier molecular flexibility index (Phi) is 7.20. The van der Waals surface area contributed by atoms with Crippen LogP contribution in [0.4, 0.5) is 14.5 Å². The maximum absolute atomic E-state index is 14.3. The van der Waals surface area contributed by atoms with E-state index in [2.05, 4.69) is 37.2 Å². The van der Waals surface area contributed by atoms with Gasteiger partial charge in [0.1, 0.15) is 29.6 Å². The highest BCUT2D eigenvalue weighted by molar-refractivity contribution is 9.11. The number of hydrogen-bond donors (Lipinski definition) is 1. The van der Waals surface area contributed by atoms with Gasteiger partial charge in [0.15, 0.2) is 5.11 Å². The molecule has 10 heteroatoms. The Balaban J connectivity index is 1.63. The number of hydrogen-bond acceptors (Lipinski definition) is 4. The fourth-order valence-electron chi connectivity index (χ4n) is 3.24. The molecule has 1 fully saturated rings. The molecule has 4 rings (SSSR count). The molecule has 34 heavy (non-hydrogen) atoms. The average molecular weight is 608 g/mol. The monoisotopic (exact) mass is 606 g/mol. The largest absolute Gasteiger partial charge is 0.486 e. The lowest BCUT2D eigenvalue weighted by atomic mass is 10.1. The lowest BCUT2D eigenvalue weighted by Crippen LogP contribution is -2.54. The van der Waals surface area contributed by atoms with E-state index >= 15 is 0 Å². The maximum atomic E-state index is 14.3. The van der Waals surface area contributed by atoms with E-state index in [0.717, 1.165) is 4.90 Å². The van der Waals surface area contributed by atoms with E-state index in [1.807, 2.05) is 0 Å². The van der Waals surface area contributed by atoms with E-state index in [1.54, 1.807) is 36.4 Å². The van der Waals surface area contributed by atoms with Crippen molar-refractivity contribution in [3.63, 3.8) is 0 Å². The summed E-state index contributed by atoms with van der Waals surface area (Å²) in [5, 5.41) is 2.21. The van der Waals surface area contributed by atoms with Crippen molar-refractivity contribution in [2.75, 3.05) is 4.90 Å². The predicted molar refractivity (Wildman–Crippen MR) is 135 cm³/mol. The van der Waals surface area contributed by atoms with E-state index in [-0.39, 0.29) is 28.8 Å². The molecule has 1 saturated heterocycles. The molecule has 0 radical (unpaired) electrons. The van der Waals surface area contributed by atoms with Gasteiger partial charge < -0.3 is 4.74 Å². The number of nitrogens with zero attached hydrogens (tertiary/aromatic N) is 1. The van der Waals surface area contributed by atoms with Gasteiger partial charge in [-0.15, -0.1) is 0 Å². The zero-order valence-electron chi connectivity index (χ0n) is 17.2. The van der Waals surface area contributed by atoms with Crippen molar-refractivity contribution in [1.29, 1.82) is 0 Å². The van der Waals surface area contributed by atoms with Crippen LogP contribution in [0.2, 0.25) is 0 Å². The van der Waals surface area contributed by atoms with Gasteiger partial charge in [-0.25, -0.2) is 13.7 Å². The van der Waals surface area contributed by atoms with Crippen molar-refractivity contribution in [3.05, 3.63) is 97.9 Å². The topological polar surface area (TPSA) is 58.6 Å². The molecule has 0 atom stereocenters. The molecule has 0 bridgehead atoms. The van der Waals surface area contributed by atoms with E-state index in [1.165, 1.54) is 30.3 Å². The second-order valence-corrected chi connectivity index (χ2v) is 9.20. The number of amides is 2. The van der Waals surface area contributed by atoms with Crippen molar-refractivity contribution in [2.45, 2.75) is 6.61 Å². The zero-order valence-corrected chi connectivity index (χ0v) is 21.1. The Bertz CT molecular complexity index is 1340. The molecule has 0 aliphatic carbocycles. The van der Waals surface area contributed by atoms with Crippen LogP contribution in [-0.2, 0) is 16.2 Å².